The Kier molecular flexibility index (Phi) is 5.35. The van der Waals surface area contributed by atoms with Crippen LogP contribution in [0.15, 0.2) is 63.8 Å². The van der Waals surface area contributed by atoms with Crippen molar-refractivity contribution in [3.63, 3.8) is 0 Å². The van der Waals surface area contributed by atoms with Crippen LogP contribution in [0.2, 0.25) is 0 Å². The lowest BCUT2D eigenvalue weighted by molar-refractivity contribution is -0.277. The summed E-state index contributed by atoms with van der Waals surface area (Å²) in [6, 6.07) is 15.4. The smallest absolute Gasteiger partial charge is 0.235 e. The van der Waals surface area contributed by atoms with Crippen LogP contribution in [0.4, 0.5) is 0 Å². The van der Waals surface area contributed by atoms with Gasteiger partial charge in [0.15, 0.2) is 5.76 Å². The molecule has 8 nitrogen and oxygen atoms in total. The van der Waals surface area contributed by atoms with E-state index in [0.29, 0.717) is 11.1 Å². The van der Waals surface area contributed by atoms with Crippen LogP contribution in [-0.4, -0.2) is 57.7 Å². The van der Waals surface area contributed by atoms with Crippen LogP contribution in [0.3, 0.4) is 0 Å². The maximum Gasteiger partial charge on any atom is 0.235 e. The van der Waals surface area contributed by atoms with Crippen molar-refractivity contribution in [2.24, 2.45) is 0 Å². The van der Waals surface area contributed by atoms with Crippen LogP contribution in [0.5, 0.6) is 5.75 Å². The molecule has 1 unspecified atom stereocenters. The molecule has 29 heavy (non-hydrogen) atoms. The molecular weight excluding hydrogens is 380 g/mol. The molecule has 3 aromatic rings. The van der Waals surface area contributed by atoms with Gasteiger partial charge in [0, 0.05) is 5.56 Å². The molecule has 4 N–H and O–H groups in total. The number of para-hydroxylation sites is 1. The second-order valence-electron chi connectivity index (χ2n) is 6.77. The molecule has 1 aromatic heterocycles. The van der Waals surface area contributed by atoms with E-state index < -0.39 is 42.7 Å². The average molecular weight is 400 g/mol. The predicted molar refractivity (Wildman–Crippen MR) is 102 cm³/mol. The van der Waals surface area contributed by atoms with Crippen molar-refractivity contribution < 1.29 is 34.3 Å². The molecule has 5 atom stereocenters. The van der Waals surface area contributed by atoms with Gasteiger partial charge >= 0.3 is 0 Å². The summed E-state index contributed by atoms with van der Waals surface area (Å²) in [5, 5.41) is 39.8. The van der Waals surface area contributed by atoms with Crippen molar-refractivity contribution in [1.29, 1.82) is 0 Å². The lowest BCUT2D eigenvalue weighted by Gasteiger charge is -2.39. The Hall–Kier alpha value is -2.75. The van der Waals surface area contributed by atoms with E-state index >= 15 is 0 Å². The maximum absolute atomic E-state index is 13.1. The molecule has 2 aromatic carbocycles. The van der Waals surface area contributed by atoms with Crippen molar-refractivity contribution in [3.05, 3.63) is 64.8 Å². The number of aliphatic hydroxyl groups is 4. The van der Waals surface area contributed by atoms with Crippen LogP contribution in [0.25, 0.3) is 22.3 Å². The van der Waals surface area contributed by atoms with E-state index in [-0.39, 0.29) is 16.9 Å². The number of hydrogen-bond acceptors (Lipinski definition) is 8. The molecular formula is C21H20O8. The van der Waals surface area contributed by atoms with Gasteiger partial charge in [0.05, 0.1) is 12.0 Å². The number of fused-ring (bicyclic) bond motifs is 1. The van der Waals surface area contributed by atoms with Crippen LogP contribution >= 0.6 is 0 Å². The summed E-state index contributed by atoms with van der Waals surface area (Å²) in [6.45, 7) is -0.608. The third-order valence-corrected chi connectivity index (χ3v) is 4.87. The summed E-state index contributed by atoms with van der Waals surface area (Å²) in [7, 11) is 0. The van der Waals surface area contributed by atoms with Crippen LogP contribution in [0, 0.1) is 0 Å². The van der Waals surface area contributed by atoms with E-state index in [1.807, 2.05) is 0 Å². The second kappa shape index (κ2) is 7.94. The van der Waals surface area contributed by atoms with Gasteiger partial charge in [-0.15, -0.1) is 0 Å². The van der Waals surface area contributed by atoms with E-state index in [2.05, 4.69) is 0 Å². The van der Waals surface area contributed by atoms with E-state index in [0.717, 1.165) is 0 Å². The van der Waals surface area contributed by atoms with Crippen LogP contribution in [-0.2, 0) is 4.74 Å². The second-order valence-corrected chi connectivity index (χ2v) is 6.77. The fraction of sp³-hybridized carbons (Fsp3) is 0.286. The molecule has 1 fully saturated rings. The summed E-state index contributed by atoms with van der Waals surface area (Å²) in [5.41, 5.74) is 0.440. The van der Waals surface area contributed by atoms with Crippen molar-refractivity contribution in [2.45, 2.75) is 30.7 Å². The lowest BCUT2D eigenvalue weighted by atomic mass is 9.99. The zero-order valence-corrected chi connectivity index (χ0v) is 15.2. The largest absolute Gasteiger partial charge is 0.454 e. The fourth-order valence-electron chi connectivity index (χ4n) is 3.29. The molecule has 1 aliphatic rings. The number of hydrogen-bond donors (Lipinski definition) is 4. The highest BCUT2D eigenvalue weighted by atomic mass is 16.7. The highest BCUT2D eigenvalue weighted by Crippen LogP contribution is 2.33. The Balaban J connectivity index is 1.82. The monoisotopic (exact) mass is 400 g/mol. The molecule has 1 aliphatic heterocycles. The first-order valence-corrected chi connectivity index (χ1v) is 9.09. The van der Waals surface area contributed by atoms with Crippen molar-refractivity contribution >= 4 is 11.0 Å². The van der Waals surface area contributed by atoms with Gasteiger partial charge in [-0.25, -0.2) is 0 Å². The molecule has 2 heterocycles. The Bertz CT molecular complexity index is 1050. The van der Waals surface area contributed by atoms with Gasteiger partial charge in [0.2, 0.25) is 17.5 Å². The Morgan fingerprint density at radius 3 is 2.31 bits per heavy atom. The molecule has 0 bridgehead atoms. The summed E-state index contributed by atoms with van der Waals surface area (Å²) < 4.78 is 17.0. The highest BCUT2D eigenvalue weighted by molar-refractivity contribution is 5.81. The SMILES string of the molecule is O=c1c(OC2O[C@H](CO)[C@H](O)[C@H](O)[C@H]2O)c(-c2ccccc2)oc2ccccc12. The predicted octanol–water partition coefficient (Wildman–Crippen LogP) is 0.639. The zero-order valence-electron chi connectivity index (χ0n) is 15.2. The van der Waals surface area contributed by atoms with E-state index in [4.69, 9.17) is 13.9 Å². The molecule has 0 aliphatic carbocycles. The van der Waals surface area contributed by atoms with Gasteiger partial charge < -0.3 is 34.3 Å². The molecule has 4 rings (SSSR count). The first kappa shape index (κ1) is 19.6. The van der Waals surface area contributed by atoms with Gasteiger partial charge in [-0.3, -0.25) is 4.79 Å². The Morgan fingerprint density at radius 1 is 0.897 bits per heavy atom. The Morgan fingerprint density at radius 2 is 1.59 bits per heavy atom. The molecule has 152 valence electrons. The minimum absolute atomic E-state index is 0.131. The van der Waals surface area contributed by atoms with Crippen LogP contribution < -0.4 is 10.2 Å². The van der Waals surface area contributed by atoms with Gasteiger partial charge in [0.1, 0.15) is 30.0 Å². The maximum atomic E-state index is 13.1. The summed E-state index contributed by atoms with van der Waals surface area (Å²) in [6.07, 6.45) is -7.47. The first-order chi connectivity index (χ1) is 14.0. The molecule has 0 spiro atoms. The fourth-order valence-corrected chi connectivity index (χ4v) is 3.29. The van der Waals surface area contributed by atoms with Crippen molar-refractivity contribution in [2.75, 3.05) is 6.61 Å². The lowest BCUT2D eigenvalue weighted by Crippen LogP contribution is -2.60. The van der Waals surface area contributed by atoms with Gasteiger partial charge in [0.25, 0.3) is 0 Å². The zero-order chi connectivity index (χ0) is 20.5. The standard InChI is InChI=1S/C21H20O8/c22-10-14-16(24)17(25)18(26)21(28-14)29-20-15(23)12-8-4-5-9-13(12)27-19(20)11-6-2-1-3-7-11/h1-9,14,16-18,21-22,24-26H,10H2/t14-,16+,17+,18-,21?/m1/s1. The van der Waals surface area contributed by atoms with E-state index in [1.165, 1.54) is 0 Å². The topological polar surface area (TPSA) is 130 Å². The third-order valence-electron chi connectivity index (χ3n) is 4.87. The minimum atomic E-state index is -1.65. The Labute approximate surface area is 165 Å². The number of ether oxygens (including phenoxy) is 2. The van der Waals surface area contributed by atoms with E-state index in [9.17, 15) is 25.2 Å². The molecule has 0 radical (unpaired) electrons. The van der Waals surface area contributed by atoms with E-state index in [1.54, 1.807) is 54.6 Å². The van der Waals surface area contributed by atoms with Gasteiger partial charge in [-0.1, -0.05) is 42.5 Å². The van der Waals surface area contributed by atoms with Gasteiger partial charge in [-0.2, -0.15) is 0 Å². The molecule has 0 amide bonds. The molecule has 8 heteroatoms. The highest BCUT2D eigenvalue weighted by Gasteiger charge is 2.45. The number of benzene rings is 2. The minimum Gasteiger partial charge on any atom is -0.454 e. The number of aliphatic hydroxyl groups excluding tert-OH is 4. The number of rotatable bonds is 4. The summed E-state index contributed by atoms with van der Waals surface area (Å²) in [4.78, 5) is 13.1. The normalized spacial score (nSPS) is 27.1. The first-order valence-electron chi connectivity index (χ1n) is 9.09. The average Bonchev–Trinajstić information content (AvgIpc) is 2.76. The summed E-state index contributed by atoms with van der Waals surface area (Å²) >= 11 is 0. The quantitative estimate of drug-likeness (QED) is 0.502. The summed E-state index contributed by atoms with van der Waals surface area (Å²) in [5.74, 6) is -0.0783. The van der Waals surface area contributed by atoms with Gasteiger partial charge in [-0.05, 0) is 12.1 Å². The van der Waals surface area contributed by atoms with Crippen molar-refractivity contribution in [3.8, 4) is 17.1 Å². The molecule has 0 saturated carbocycles. The van der Waals surface area contributed by atoms with Crippen LogP contribution in [0.1, 0.15) is 0 Å². The third kappa shape index (κ3) is 3.52. The molecule has 1 saturated heterocycles. The van der Waals surface area contributed by atoms with Crippen molar-refractivity contribution in [1.82, 2.24) is 0 Å².